The molecule has 0 aliphatic carbocycles. The summed E-state index contributed by atoms with van der Waals surface area (Å²) >= 11 is 0. The van der Waals surface area contributed by atoms with Gasteiger partial charge < -0.3 is 20.1 Å². The Hall–Kier alpha value is -3.21. The number of nitrogens with zero attached hydrogens (tertiary/aromatic N) is 5. The molecule has 1 aliphatic heterocycles. The van der Waals surface area contributed by atoms with E-state index in [-0.39, 0.29) is 28.5 Å². The van der Waals surface area contributed by atoms with E-state index in [0.29, 0.717) is 32.8 Å². The van der Waals surface area contributed by atoms with Crippen LogP contribution in [0.5, 0.6) is 0 Å². The normalized spacial score (nSPS) is 14.2. The molecule has 0 atom stereocenters. The largest absolute Gasteiger partial charge is 0.478 e. The van der Waals surface area contributed by atoms with E-state index in [0.717, 1.165) is 0 Å². The zero-order valence-corrected chi connectivity index (χ0v) is 15.0. The number of morpholine rings is 1. The number of nitrogens with one attached hydrogen (secondary N) is 1. The second kappa shape index (κ2) is 7.58. The van der Waals surface area contributed by atoms with E-state index in [9.17, 15) is 19.5 Å². The van der Waals surface area contributed by atoms with Crippen molar-refractivity contribution in [1.29, 1.82) is 0 Å². The number of anilines is 1. The number of carbonyl (C=O) groups is 3. The topological polar surface area (TPSA) is 132 Å². The molecule has 144 valence electrons. The molecule has 2 aromatic heterocycles. The van der Waals surface area contributed by atoms with Crippen LogP contribution in [0.3, 0.4) is 0 Å². The number of hydrogen-bond donors (Lipinski definition) is 2. The molecule has 0 spiro atoms. The van der Waals surface area contributed by atoms with Crippen molar-refractivity contribution in [2.24, 2.45) is 7.05 Å². The van der Waals surface area contributed by atoms with Gasteiger partial charge >= 0.3 is 5.97 Å². The molecule has 2 amide bonds. The maximum atomic E-state index is 12.9. The summed E-state index contributed by atoms with van der Waals surface area (Å²) in [6.07, 6.45) is 2.62. The second-order valence-electron chi connectivity index (χ2n) is 5.95. The van der Waals surface area contributed by atoms with Gasteiger partial charge in [0.25, 0.3) is 11.8 Å². The van der Waals surface area contributed by atoms with Crippen molar-refractivity contribution >= 4 is 23.5 Å². The van der Waals surface area contributed by atoms with Gasteiger partial charge in [0, 0.05) is 32.9 Å². The van der Waals surface area contributed by atoms with Crippen LogP contribution in [-0.2, 0) is 18.3 Å². The third-order valence-electron chi connectivity index (χ3n) is 4.16. The number of amides is 2. The summed E-state index contributed by atoms with van der Waals surface area (Å²) < 4.78 is 8.00. The van der Waals surface area contributed by atoms with E-state index in [1.165, 1.54) is 28.8 Å². The number of carbonyl (C=O) groups excluding carboxylic acids is 2. The van der Waals surface area contributed by atoms with Gasteiger partial charge in [0.1, 0.15) is 11.3 Å². The minimum absolute atomic E-state index is 0.209. The summed E-state index contributed by atoms with van der Waals surface area (Å²) in [7, 11) is 1.52. The average molecular weight is 376 g/mol. The van der Waals surface area contributed by atoms with Crippen molar-refractivity contribution in [3.8, 4) is 0 Å². The Labute approximate surface area is 154 Å². The van der Waals surface area contributed by atoms with E-state index >= 15 is 0 Å². The van der Waals surface area contributed by atoms with Crippen molar-refractivity contribution in [3.63, 3.8) is 0 Å². The van der Waals surface area contributed by atoms with Gasteiger partial charge in [-0.05, 0) is 6.92 Å². The first-order valence-electron chi connectivity index (χ1n) is 8.43. The molecule has 1 saturated heterocycles. The first-order chi connectivity index (χ1) is 12.9. The van der Waals surface area contributed by atoms with Crippen LogP contribution in [0.15, 0.2) is 12.4 Å². The van der Waals surface area contributed by atoms with Crippen molar-refractivity contribution in [3.05, 3.63) is 29.3 Å². The number of rotatable bonds is 5. The summed E-state index contributed by atoms with van der Waals surface area (Å²) in [4.78, 5) is 38.4. The fourth-order valence-corrected chi connectivity index (χ4v) is 2.85. The summed E-state index contributed by atoms with van der Waals surface area (Å²) in [5.74, 6) is -2.26. The number of ether oxygens (including phenoxy) is 1. The first kappa shape index (κ1) is 18.6. The monoisotopic (exact) mass is 376 g/mol. The van der Waals surface area contributed by atoms with Crippen LogP contribution < -0.4 is 5.32 Å². The highest BCUT2D eigenvalue weighted by atomic mass is 16.5. The molecule has 2 aromatic rings. The first-order valence-corrected chi connectivity index (χ1v) is 8.43. The Morgan fingerprint density at radius 1 is 1.30 bits per heavy atom. The summed E-state index contributed by atoms with van der Waals surface area (Å²) in [6, 6.07) is 0. The third kappa shape index (κ3) is 3.67. The van der Waals surface area contributed by atoms with Crippen molar-refractivity contribution < 1.29 is 24.2 Å². The number of aryl methyl sites for hydroxylation is 2. The van der Waals surface area contributed by atoms with Gasteiger partial charge in [-0.15, -0.1) is 0 Å². The molecular formula is C16H20N6O5. The quantitative estimate of drug-likeness (QED) is 0.754. The molecule has 3 heterocycles. The van der Waals surface area contributed by atoms with Crippen molar-refractivity contribution in [1.82, 2.24) is 24.5 Å². The molecular weight excluding hydrogens is 356 g/mol. The smallest absolute Gasteiger partial charge is 0.339 e. The van der Waals surface area contributed by atoms with Crippen LogP contribution in [0.2, 0.25) is 0 Å². The van der Waals surface area contributed by atoms with E-state index in [4.69, 9.17) is 4.74 Å². The number of carboxylic acids is 1. The zero-order valence-electron chi connectivity index (χ0n) is 15.0. The van der Waals surface area contributed by atoms with Crippen LogP contribution in [0.1, 0.15) is 38.3 Å². The molecule has 3 rings (SSSR count). The number of carboxylic acid groups (broad SMARTS) is 1. The Morgan fingerprint density at radius 2 is 2.00 bits per heavy atom. The maximum Gasteiger partial charge on any atom is 0.339 e. The minimum Gasteiger partial charge on any atom is -0.478 e. The molecule has 2 N–H and O–H groups in total. The lowest BCUT2D eigenvalue weighted by Gasteiger charge is -2.27. The van der Waals surface area contributed by atoms with E-state index < -0.39 is 11.9 Å². The van der Waals surface area contributed by atoms with Gasteiger partial charge in [-0.3, -0.25) is 19.0 Å². The SMILES string of the molecule is CCn1ncc(NC(=O)c2nn(C)cc2C(=O)O)c1C(=O)N1CCOCC1. The van der Waals surface area contributed by atoms with Gasteiger partial charge in [-0.1, -0.05) is 0 Å². The standard InChI is InChI=1S/C16H20N6O5/c1-3-22-13(15(24)21-4-6-27-7-5-21)11(8-17-22)18-14(23)12-10(16(25)26)9-20(2)19-12/h8-9H,3-7H2,1-2H3,(H,18,23)(H,25,26). The number of hydrogen-bond acceptors (Lipinski definition) is 6. The van der Waals surface area contributed by atoms with E-state index in [2.05, 4.69) is 15.5 Å². The number of aromatic carboxylic acids is 1. The summed E-state index contributed by atoms with van der Waals surface area (Å²) in [5.41, 5.74) is -0.0150. The van der Waals surface area contributed by atoms with Crippen LogP contribution in [0.4, 0.5) is 5.69 Å². The Balaban J connectivity index is 1.89. The molecule has 1 aliphatic rings. The second-order valence-corrected chi connectivity index (χ2v) is 5.95. The molecule has 11 nitrogen and oxygen atoms in total. The molecule has 0 saturated carbocycles. The van der Waals surface area contributed by atoms with Crippen LogP contribution in [-0.4, -0.2) is 73.7 Å². The van der Waals surface area contributed by atoms with E-state index in [1.54, 1.807) is 4.90 Å². The van der Waals surface area contributed by atoms with Crippen LogP contribution in [0, 0.1) is 0 Å². The van der Waals surface area contributed by atoms with Gasteiger partial charge in [0.2, 0.25) is 0 Å². The lowest BCUT2D eigenvalue weighted by molar-refractivity contribution is 0.0295. The van der Waals surface area contributed by atoms with Gasteiger partial charge in [-0.2, -0.15) is 10.2 Å². The predicted molar refractivity (Wildman–Crippen MR) is 92.7 cm³/mol. The molecule has 11 heteroatoms. The molecule has 27 heavy (non-hydrogen) atoms. The lowest BCUT2D eigenvalue weighted by atomic mass is 10.2. The molecule has 0 unspecified atom stereocenters. The minimum atomic E-state index is -1.26. The highest BCUT2D eigenvalue weighted by Crippen LogP contribution is 2.20. The summed E-state index contributed by atoms with van der Waals surface area (Å²) in [5, 5.41) is 19.8. The molecule has 1 fully saturated rings. The van der Waals surface area contributed by atoms with Crippen molar-refractivity contribution in [2.45, 2.75) is 13.5 Å². The lowest BCUT2D eigenvalue weighted by Crippen LogP contribution is -2.41. The summed E-state index contributed by atoms with van der Waals surface area (Å²) in [6.45, 7) is 4.06. The predicted octanol–water partition coefficient (Wildman–Crippen LogP) is 0.0594. The van der Waals surface area contributed by atoms with Gasteiger partial charge in [0.05, 0.1) is 25.1 Å². The van der Waals surface area contributed by atoms with Crippen molar-refractivity contribution in [2.75, 3.05) is 31.6 Å². The highest BCUT2D eigenvalue weighted by molar-refractivity contribution is 6.11. The molecule has 0 bridgehead atoms. The van der Waals surface area contributed by atoms with Crippen LogP contribution in [0.25, 0.3) is 0 Å². The Morgan fingerprint density at radius 3 is 2.63 bits per heavy atom. The molecule has 0 aromatic carbocycles. The van der Waals surface area contributed by atoms with Crippen LogP contribution >= 0.6 is 0 Å². The fraction of sp³-hybridized carbons (Fsp3) is 0.438. The van der Waals surface area contributed by atoms with Gasteiger partial charge in [-0.25, -0.2) is 4.79 Å². The Kier molecular flexibility index (Phi) is 5.21. The fourth-order valence-electron chi connectivity index (χ4n) is 2.85. The number of aromatic nitrogens is 4. The third-order valence-corrected chi connectivity index (χ3v) is 4.16. The van der Waals surface area contributed by atoms with E-state index in [1.807, 2.05) is 6.92 Å². The maximum absolute atomic E-state index is 12.9. The Bertz CT molecular complexity index is 880. The zero-order chi connectivity index (χ0) is 19.6. The highest BCUT2D eigenvalue weighted by Gasteiger charge is 2.28. The van der Waals surface area contributed by atoms with Gasteiger partial charge in [0.15, 0.2) is 5.69 Å². The average Bonchev–Trinajstić information content (AvgIpc) is 3.25. The molecule has 0 radical (unpaired) electrons.